The lowest BCUT2D eigenvalue weighted by Crippen LogP contribution is -2.05. The molecule has 0 aliphatic carbocycles. The number of aryl methyl sites for hydroxylation is 2. The molecule has 0 saturated heterocycles. The van der Waals surface area contributed by atoms with Gasteiger partial charge in [-0.1, -0.05) is 22.0 Å². The van der Waals surface area contributed by atoms with Gasteiger partial charge >= 0.3 is 0 Å². The number of aliphatic hydroxyl groups excluding tert-OH is 1. The van der Waals surface area contributed by atoms with Crippen molar-refractivity contribution in [3.63, 3.8) is 0 Å². The maximum absolute atomic E-state index is 10.4. The molecule has 0 aliphatic heterocycles. The van der Waals surface area contributed by atoms with E-state index in [-0.39, 0.29) is 5.22 Å². The standard InChI is InChI=1S/C14H14BrClO2/c1-7-6-8(2)13(15)9(3)12(7)14(17)10-4-5-11(16)18-10/h4-6,14,17H,1-3H3. The summed E-state index contributed by atoms with van der Waals surface area (Å²) >= 11 is 9.28. The zero-order chi connectivity index (χ0) is 13.4. The Hall–Kier alpha value is -0.770. The monoisotopic (exact) mass is 328 g/mol. The highest BCUT2D eigenvalue weighted by atomic mass is 79.9. The Morgan fingerprint density at radius 3 is 2.44 bits per heavy atom. The Morgan fingerprint density at radius 2 is 1.89 bits per heavy atom. The summed E-state index contributed by atoms with van der Waals surface area (Å²) in [5.74, 6) is 0.460. The summed E-state index contributed by atoms with van der Waals surface area (Å²) < 4.78 is 6.29. The Kier molecular flexibility index (Phi) is 3.85. The molecule has 0 amide bonds. The maximum atomic E-state index is 10.4. The zero-order valence-electron chi connectivity index (χ0n) is 10.4. The minimum absolute atomic E-state index is 0.283. The van der Waals surface area contributed by atoms with Gasteiger partial charge in [-0.25, -0.2) is 0 Å². The van der Waals surface area contributed by atoms with Crippen LogP contribution in [0.15, 0.2) is 27.1 Å². The van der Waals surface area contributed by atoms with E-state index in [4.69, 9.17) is 16.0 Å². The van der Waals surface area contributed by atoms with E-state index in [0.29, 0.717) is 5.76 Å². The van der Waals surface area contributed by atoms with Crippen LogP contribution in [-0.4, -0.2) is 5.11 Å². The van der Waals surface area contributed by atoms with Crippen LogP contribution in [-0.2, 0) is 0 Å². The summed E-state index contributed by atoms with van der Waals surface area (Å²) in [5, 5.41) is 10.7. The summed E-state index contributed by atoms with van der Waals surface area (Å²) in [6.45, 7) is 5.99. The van der Waals surface area contributed by atoms with E-state index in [1.165, 1.54) is 0 Å². The predicted molar refractivity (Wildman–Crippen MR) is 76.1 cm³/mol. The second-order valence-electron chi connectivity index (χ2n) is 4.41. The van der Waals surface area contributed by atoms with E-state index < -0.39 is 6.10 Å². The molecule has 2 rings (SSSR count). The molecule has 0 bridgehead atoms. The third-order valence-electron chi connectivity index (χ3n) is 3.07. The highest BCUT2D eigenvalue weighted by Gasteiger charge is 2.20. The SMILES string of the molecule is Cc1cc(C)c(C(O)c2ccc(Cl)o2)c(C)c1Br. The highest BCUT2D eigenvalue weighted by Crippen LogP contribution is 2.34. The van der Waals surface area contributed by atoms with Crippen LogP contribution in [0.1, 0.15) is 34.1 Å². The number of furan rings is 1. The Balaban J connectivity index is 2.54. The third-order valence-corrected chi connectivity index (χ3v) is 4.50. The average Bonchev–Trinajstić information content (AvgIpc) is 2.73. The van der Waals surface area contributed by atoms with Crippen molar-refractivity contribution in [2.24, 2.45) is 0 Å². The van der Waals surface area contributed by atoms with Gasteiger partial charge in [-0.05, 0) is 66.8 Å². The Morgan fingerprint density at radius 1 is 1.22 bits per heavy atom. The van der Waals surface area contributed by atoms with Gasteiger partial charge in [0.05, 0.1) is 0 Å². The molecule has 0 spiro atoms. The van der Waals surface area contributed by atoms with Gasteiger partial charge in [0, 0.05) is 4.47 Å². The Bertz CT molecular complexity index is 590. The number of hydrogen-bond donors (Lipinski definition) is 1. The first kappa shape index (κ1) is 13.7. The average molecular weight is 330 g/mol. The van der Waals surface area contributed by atoms with Crippen molar-refractivity contribution in [1.82, 2.24) is 0 Å². The number of hydrogen-bond acceptors (Lipinski definition) is 2. The molecule has 0 radical (unpaired) electrons. The number of rotatable bonds is 2. The summed E-state index contributed by atoms with van der Waals surface area (Å²) in [6, 6.07) is 5.37. The fraction of sp³-hybridized carbons (Fsp3) is 0.286. The quantitative estimate of drug-likeness (QED) is 0.866. The first-order chi connectivity index (χ1) is 8.41. The summed E-state index contributed by atoms with van der Waals surface area (Å²) in [5.41, 5.74) is 4.07. The number of aliphatic hydroxyl groups is 1. The molecule has 2 nitrogen and oxygen atoms in total. The normalized spacial score (nSPS) is 12.8. The van der Waals surface area contributed by atoms with Crippen LogP contribution in [0.2, 0.25) is 5.22 Å². The van der Waals surface area contributed by atoms with Crippen LogP contribution in [0.5, 0.6) is 0 Å². The molecular formula is C14H14BrClO2. The first-order valence-electron chi connectivity index (χ1n) is 5.61. The first-order valence-corrected chi connectivity index (χ1v) is 6.78. The number of benzene rings is 1. The van der Waals surface area contributed by atoms with E-state index in [9.17, 15) is 5.11 Å². The molecular weight excluding hydrogens is 316 g/mol. The minimum atomic E-state index is -0.797. The second kappa shape index (κ2) is 5.08. The molecule has 1 aromatic carbocycles. The van der Waals surface area contributed by atoms with E-state index in [0.717, 1.165) is 26.7 Å². The molecule has 0 fully saturated rings. The predicted octanol–water partition coefficient (Wildman–Crippen LogP) is 4.70. The van der Waals surface area contributed by atoms with Gasteiger partial charge in [0.25, 0.3) is 0 Å². The van der Waals surface area contributed by atoms with Gasteiger partial charge < -0.3 is 9.52 Å². The summed E-state index contributed by atoms with van der Waals surface area (Å²) in [6.07, 6.45) is -0.797. The molecule has 0 saturated carbocycles. The fourth-order valence-corrected chi connectivity index (χ4v) is 2.69. The lowest BCUT2D eigenvalue weighted by atomic mass is 9.94. The van der Waals surface area contributed by atoms with Crippen molar-refractivity contribution in [2.45, 2.75) is 26.9 Å². The van der Waals surface area contributed by atoms with E-state index in [2.05, 4.69) is 15.9 Å². The largest absolute Gasteiger partial charge is 0.447 e. The lowest BCUT2D eigenvalue weighted by Gasteiger charge is -2.17. The number of halogens is 2. The van der Waals surface area contributed by atoms with Crippen LogP contribution in [0.25, 0.3) is 0 Å². The van der Waals surface area contributed by atoms with Gasteiger partial charge in [-0.3, -0.25) is 0 Å². The van der Waals surface area contributed by atoms with Crippen molar-refractivity contribution in [2.75, 3.05) is 0 Å². The van der Waals surface area contributed by atoms with Gasteiger partial charge in [-0.15, -0.1) is 0 Å². The summed E-state index contributed by atoms with van der Waals surface area (Å²) in [7, 11) is 0. The topological polar surface area (TPSA) is 33.4 Å². The van der Waals surface area contributed by atoms with Crippen LogP contribution in [0, 0.1) is 20.8 Å². The Labute approximate surface area is 120 Å². The van der Waals surface area contributed by atoms with E-state index in [1.54, 1.807) is 12.1 Å². The van der Waals surface area contributed by atoms with Gasteiger partial charge in [0.2, 0.25) is 0 Å². The van der Waals surface area contributed by atoms with Crippen LogP contribution >= 0.6 is 27.5 Å². The minimum Gasteiger partial charge on any atom is -0.447 e. The van der Waals surface area contributed by atoms with Crippen LogP contribution in [0.4, 0.5) is 0 Å². The van der Waals surface area contributed by atoms with Crippen LogP contribution < -0.4 is 0 Å². The third kappa shape index (κ3) is 2.35. The van der Waals surface area contributed by atoms with Crippen molar-refractivity contribution in [3.8, 4) is 0 Å². The maximum Gasteiger partial charge on any atom is 0.193 e. The van der Waals surface area contributed by atoms with Gasteiger partial charge in [0.15, 0.2) is 5.22 Å². The van der Waals surface area contributed by atoms with E-state index >= 15 is 0 Å². The van der Waals surface area contributed by atoms with Crippen molar-refractivity contribution in [1.29, 1.82) is 0 Å². The van der Waals surface area contributed by atoms with Crippen molar-refractivity contribution < 1.29 is 9.52 Å². The second-order valence-corrected chi connectivity index (χ2v) is 5.57. The van der Waals surface area contributed by atoms with Crippen molar-refractivity contribution >= 4 is 27.5 Å². The smallest absolute Gasteiger partial charge is 0.193 e. The lowest BCUT2D eigenvalue weighted by molar-refractivity contribution is 0.188. The molecule has 4 heteroatoms. The zero-order valence-corrected chi connectivity index (χ0v) is 12.8. The van der Waals surface area contributed by atoms with Gasteiger partial charge in [-0.2, -0.15) is 0 Å². The molecule has 1 unspecified atom stereocenters. The van der Waals surface area contributed by atoms with E-state index in [1.807, 2.05) is 26.8 Å². The molecule has 1 aromatic heterocycles. The fourth-order valence-electron chi connectivity index (χ4n) is 2.21. The summed E-state index contributed by atoms with van der Waals surface area (Å²) in [4.78, 5) is 0. The molecule has 2 aromatic rings. The van der Waals surface area contributed by atoms with Gasteiger partial charge in [0.1, 0.15) is 11.9 Å². The molecule has 1 atom stereocenters. The van der Waals surface area contributed by atoms with Crippen LogP contribution in [0.3, 0.4) is 0 Å². The molecule has 96 valence electrons. The molecule has 18 heavy (non-hydrogen) atoms. The highest BCUT2D eigenvalue weighted by molar-refractivity contribution is 9.10. The molecule has 0 aliphatic rings. The van der Waals surface area contributed by atoms with Crippen molar-refractivity contribution in [3.05, 3.63) is 55.9 Å². The molecule has 1 N–H and O–H groups in total. The molecule has 1 heterocycles.